The molecule has 4 nitrogen and oxygen atoms in total. The molecule has 0 aliphatic carbocycles. The van der Waals surface area contributed by atoms with E-state index in [1.807, 2.05) is 30.7 Å². The summed E-state index contributed by atoms with van der Waals surface area (Å²) in [5, 5.41) is 7.76. The maximum absolute atomic E-state index is 13.6. The molecule has 0 spiro atoms. The Hall–Kier alpha value is -1.75. The summed E-state index contributed by atoms with van der Waals surface area (Å²) in [4.78, 5) is 4.28. The van der Waals surface area contributed by atoms with E-state index in [0.717, 1.165) is 36.7 Å². The van der Waals surface area contributed by atoms with Crippen molar-refractivity contribution in [3.8, 4) is 0 Å². The molecule has 1 aromatic heterocycles. The van der Waals surface area contributed by atoms with E-state index < -0.39 is 0 Å². The number of halogens is 1. The molecule has 21 heavy (non-hydrogen) atoms. The predicted octanol–water partition coefficient (Wildman–Crippen LogP) is 2.64. The van der Waals surface area contributed by atoms with Gasteiger partial charge in [0.2, 0.25) is 0 Å². The molecule has 1 N–H and O–H groups in total. The highest BCUT2D eigenvalue weighted by atomic mass is 19.1. The Balaban J connectivity index is 1.71. The largest absolute Gasteiger partial charge is 0.314 e. The molecule has 1 aromatic carbocycles. The van der Waals surface area contributed by atoms with Crippen molar-refractivity contribution in [2.75, 3.05) is 6.54 Å². The van der Waals surface area contributed by atoms with Gasteiger partial charge in [0.25, 0.3) is 0 Å². The zero-order valence-electron chi connectivity index (χ0n) is 12.9. The molecule has 0 aliphatic rings. The summed E-state index contributed by atoms with van der Waals surface area (Å²) < 4.78 is 15.5. The van der Waals surface area contributed by atoms with Crippen LogP contribution in [0.1, 0.15) is 30.6 Å². The van der Waals surface area contributed by atoms with Crippen LogP contribution in [0, 0.1) is 19.7 Å². The second-order valence-electron chi connectivity index (χ2n) is 5.43. The Kier molecular flexibility index (Phi) is 5.44. The highest BCUT2D eigenvalue weighted by Gasteiger charge is 2.07. The lowest BCUT2D eigenvalue weighted by Crippen LogP contribution is -2.30. The first-order valence-electron chi connectivity index (χ1n) is 7.41. The maximum Gasteiger partial charge on any atom is 0.147 e. The van der Waals surface area contributed by atoms with E-state index >= 15 is 0 Å². The summed E-state index contributed by atoms with van der Waals surface area (Å²) >= 11 is 0. The third-order valence-electron chi connectivity index (χ3n) is 3.49. The zero-order valence-corrected chi connectivity index (χ0v) is 12.9. The Bertz CT molecular complexity index is 579. The van der Waals surface area contributed by atoms with Crippen molar-refractivity contribution in [2.45, 2.75) is 46.2 Å². The quantitative estimate of drug-likeness (QED) is 0.797. The number of aryl methyl sites for hydroxylation is 3. The Morgan fingerprint density at radius 3 is 2.71 bits per heavy atom. The lowest BCUT2D eigenvalue weighted by Gasteiger charge is -2.14. The fourth-order valence-electron chi connectivity index (χ4n) is 2.42. The fourth-order valence-corrected chi connectivity index (χ4v) is 2.42. The van der Waals surface area contributed by atoms with Gasteiger partial charge in [0.15, 0.2) is 0 Å². The standard InChI is InChI=1S/C16H23FN4/c1-12(11-15-7-4-5-8-16(15)17)18-9-6-10-21-14(3)19-13(2)20-21/h4-5,7-8,12,18H,6,9-11H2,1-3H3/t12-/m0/s1. The SMILES string of the molecule is Cc1nc(C)n(CCCN[C@@H](C)Cc2ccccc2F)n1. The number of benzene rings is 1. The molecule has 0 saturated carbocycles. The van der Waals surface area contributed by atoms with Gasteiger partial charge in [-0.05, 0) is 51.8 Å². The van der Waals surface area contributed by atoms with E-state index in [9.17, 15) is 4.39 Å². The molecular weight excluding hydrogens is 267 g/mol. The van der Waals surface area contributed by atoms with E-state index in [1.165, 1.54) is 6.07 Å². The molecule has 0 aliphatic heterocycles. The number of nitrogens with zero attached hydrogens (tertiary/aromatic N) is 3. The van der Waals surface area contributed by atoms with Crippen LogP contribution in [0.4, 0.5) is 4.39 Å². The highest BCUT2D eigenvalue weighted by molar-refractivity contribution is 5.18. The lowest BCUT2D eigenvalue weighted by atomic mass is 10.1. The minimum absolute atomic E-state index is 0.125. The number of hydrogen-bond donors (Lipinski definition) is 1. The van der Waals surface area contributed by atoms with E-state index in [-0.39, 0.29) is 11.9 Å². The Morgan fingerprint density at radius 2 is 2.05 bits per heavy atom. The van der Waals surface area contributed by atoms with Gasteiger partial charge in [-0.2, -0.15) is 5.10 Å². The van der Waals surface area contributed by atoms with Gasteiger partial charge < -0.3 is 5.32 Å². The van der Waals surface area contributed by atoms with E-state index in [4.69, 9.17) is 0 Å². The summed E-state index contributed by atoms with van der Waals surface area (Å²) in [5.74, 6) is 1.64. The first-order chi connectivity index (χ1) is 10.1. The van der Waals surface area contributed by atoms with Gasteiger partial charge in [0.1, 0.15) is 17.5 Å². The molecule has 0 unspecified atom stereocenters. The minimum Gasteiger partial charge on any atom is -0.314 e. The molecule has 5 heteroatoms. The van der Waals surface area contributed by atoms with Crippen molar-refractivity contribution in [1.82, 2.24) is 20.1 Å². The summed E-state index contributed by atoms with van der Waals surface area (Å²) in [7, 11) is 0. The van der Waals surface area contributed by atoms with Crippen LogP contribution in [0.2, 0.25) is 0 Å². The molecule has 0 bridgehead atoms. The first kappa shape index (κ1) is 15.6. The van der Waals surface area contributed by atoms with Gasteiger partial charge in [-0.3, -0.25) is 4.68 Å². The number of aromatic nitrogens is 3. The molecule has 1 heterocycles. The molecule has 1 atom stereocenters. The molecular formula is C16H23FN4. The fraction of sp³-hybridized carbons (Fsp3) is 0.500. The van der Waals surface area contributed by atoms with Gasteiger partial charge in [-0.1, -0.05) is 18.2 Å². The number of hydrogen-bond acceptors (Lipinski definition) is 3. The van der Waals surface area contributed by atoms with E-state index in [2.05, 4.69) is 22.3 Å². The van der Waals surface area contributed by atoms with Crippen LogP contribution >= 0.6 is 0 Å². The second kappa shape index (κ2) is 7.31. The topological polar surface area (TPSA) is 42.7 Å². The highest BCUT2D eigenvalue weighted by Crippen LogP contribution is 2.09. The number of rotatable bonds is 7. The van der Waals surface area contributed by atoms with Gasteiger partial charge in [0.05, 0.1) is 0 Å². The van der Waals surface area contributed by atoms with Crippen LogP contribution in [0.3, 0.4) is 0 Å². The molecule has 2 aromatic rings. The third kappa shape index (κ3) is 4.63. The van der Waals surface area contributed by atoms with Crippen molar-refractivity contribution in [3.05, 3.63) is 47.3 Å². The van der Waals surface area contributed by atoms with Crippen molar-refractivity contribution < 1.29 is 4.39 Å². The van der Waals surface area contributed by atoms with Crippen molar-refractivity contribution >= 4 is 0 Å². The first-order valence-corrected chi connectivity index (χ1v) is 7.41. The van der Waals surface area contributed by atoms with Crippen LogP contribution in [-0.2, 0) is 13.0 Å². The van der Waals surface area contributed by atoms with Gasteiger partial charge in [0, 0.05) is 12.6 Å². The average molecular weight is 290 g/mol. The zero-order chi connectivity index (χ0) is 15.2. The molecule has 2 rings (SSSR count). The van der Waals surface area contributed by atoms with Gasteiger partial charge >= 0.3 is 0 Å². The van der Waals surface area contributed by atoms with Gasteiger partial charge in [-0.25, -0.2) is 9.37 Å². The van der Waals surface area contributed by atoms with Crippen LogP contribution in [0.5, 0.6) is 0 Å². The summed E-state index contributed by atoms with van der Waals surface area (Å²) in [5.41, 5.74) is 0.764. The molecule has 0 amide bonds. The third-order valence-corrected chi connectivity index (χ3v) is 3.49. The number of nitrogens with one attached hydrogen (secondary N) is 1. The smallest absolute Gasteiger partial charge is 0.147 e. The molecule has 0 fully saturated rings. The second-order valence-corrected chi connectivity index (χ2v) is 5.43. The van der Waals surface area contributed by atoms with Crippen molar-refractivity contribution in [1.29, 1.82) is 0 Å². The van der Waals surface area contributed by atoms with E-state index in [0.29, 0.717) is 6.42 Å². The monoisotopic (exact) mass is 290 g/mol. The maximum atomic E-state index is 13.6. The summed E-state index contributed by atoms with van der Waals surface area (Å²) in [6, 6.07) is 7.20. The lowest BCUT2D eigenvalue weighted by molar-refractivity contribution is 0.483. The minimum atomic E-state index is -0.125. The summed E-state index contributed by atoms with van der Waals surface area (Å²) in [6.07, 6.45) is 1.68. The molecule has 0 radical (unpaired) electrons. The van der Waals surface area contributed by atoms with Crippen molar-refractivity contribution in [3.63, 3.8) is 0 Å². The van der Waals surface area contributed by atoms with E-state index in [1.54, 1.807) is 6.07 Å². The molecule has 0 saturated heterocycles. The van der Waals surface area contributed by atoms with Crippen LogP contribution in [-0.4, -0.2) is 27.4 Å². The Labute approximate surface area is 125 Å². The summed E-state index contributed by atoms with van der Waals surface area (Å²) in [6.45, 7) is 7.68. The Morgan fingerprint density at radius 1 is 1.29 bits per heavy atom. The van der Waals surface area contributed by atoms with Crippen LogP contribution in [0.25, 0.3) is 0 Å². The van der Waals surface area contributed by atoms with Gasteiger partial charge in [-0.15, -0.1) is 0 Å². The predicted molar refractivity (Wildman–Crippen MR) is 81.7 cm³/mol. The molecule has 114 valence electrons. The van der Waals surface area contributed by atoms with Crippen LogP contribution in [0.15, 0.2) is 24.3 Å². The van der Waals surface area contributed by atoms with Crippen LogP contribution < -0.4 is 5.32 Å². The average Bonchev–Trinajstić information content (AvgIpc) is 2.76. The normalized spacial score (nSPS) is 12.6. The van der Waals surface area contributed by atoms with Crippen molar-refractivity contribution in [2.24, 2.45) is 0 Å².